The molecule has 2 N–H and O–H groups in total. The van der Waals surface area contributed by atoms with Crippen molar-refractivity contribution in [3.63, 3.8) is 0 Å². The highest BCUT2D eigenvalue weighted by Crippen LogP contribution is 2.28. The van der Waals surface area contributed by atoms with Crippen molar-refractivity contribution in [3.05, 3.63) is 40.2 Å². The Morgan fingerprint density at radius 2 is 2.06 bits per heavy atom. The smallest absolute Gasteiger partial charge is 0.277 e. The normalized spacial score (nSPS) is 10.3. The number of rotatable bonds is 3. The highest BCUT2D eigenvalue weighted by molar-refractivity contribution is 7.14. The van der Waals surface area contributed by atoms with E-state index in [2.05, 4.69) is 4.98 Å². The van der Waals surface area contributed by atoms with Gasteiger partial charge in [0.25, 0.3) is 5.91 Å². The lowest BCUT2D eigenvalue weighted by Crippen LogP contribution is -2.10. The van der Waals surface area contributed by atoms with Crippen molar-refractivity contribution in [2.24, 2.45) is 5.73 Å². The number of benzene rings is 1. The van der Waals surface area contributed by atoms with Crippen LogP contribution in [0.4, 0.5) is 0 Å². The molecule has 3 nitrogen and oxygen atoms in total. The third-order valence-corrected chi connectivity index (χ3v) is 3.49. The molecule has 0 spiro atoms. The van der Waals surface area contributed by atoms with E-state index in [1.165, 1.54) is 11.3 Å². The van der Waals surface area contributed by atoms with Gasteiger partial charge in [0.05, 0.1) is 5.69 Å². The Morgan fingerprint density at radius 1 is 1.38 bits per heavy atom. The fraction of sp³-hybridized carbons (Fsp3) is 0.167. The minimum Gasteiger partial charge on any atom is -0.364 e. The van der Waals surface area contributed by atoms with Gasteiger partial charge in [-0.05, 0) is 6.42 Å². The molecule has 2 aromatic rings. The summed E-state index contributed by atoms with van der Waals surface area (Å²) in [7, 11) is 0. The van der Waals surface area contributed by atoms with Crippen LogP contribution in [0.5, 0.6) is 0 Å². The Balaban J connectivity index is 2.52. The zero-order valence-corrected chi connectivity index (χ0v) is 9.75. The van der Waals surface area contributed by atoms with Gasteiger partial charge in [-0.1, -0.05) is 37.3 Å². The lowest BCUT2D eigenvalue weighted by molar-refractivity contribution is 0.1000. The van der Waals surface area contributed by atoms with Gasteiger partial charge in [-0.25, -0.2) is 4.98 Å². The first-order chi connectivity index (χ1) is 7.72. The van der Waals surface area contributed by atoms with Gasteiger partial charge in [0.2, 0.25) is 0 Å². The molecule has 0 aliphatic rings. The molecule has 1 aromatic heterocycles. The second-order valence-corrected chi connectivity index (χ2v) is 4.46. The number of nitrogens with two attached hydrogens (primary N) is 1. The molecule has 0 aliphatic carbocycles. The van der Waals surface area contributed by atoms with Crippen LogP contribution >= 0.6 is 11.3 Å². The van der Waals surface area contributed by atoms with E-state index in [1.54, 1.807) is 0 Å². The van der Waals surface area contributed by atoms with Gasteiger partial charge in [0.15, 0.2) is 5.01 Å². The number of aromatic nitrogens is 1. The Kier molecular flexibility index (Phi) is 3.01. The van der Waals surface area contributed by atoms with E-state index < -0.39 is 5.91 Å². The van der Waals surface area contributed by atoms with Crippen molar-refractivity contribution in [2.45, 2.75) is 13.3 Å². The number of amides is 1. The first-order valence-corrected chi connectivity index (χ1v) is 5.89. The van der Waals surface area contributed by atoms with Crippen LogP contribution in [0.3, 0.4) is 0 Å². The first kappa shape index (κ1) is 10.8. The van der Waals surface area contributed by atoms with Gasteiger partial charge in [-0.2, -0.15) is 0 Å². The molecule has 0 bridgehead atoms. The Hall–Kier alpha value is -1.68. The molecule has 1 aromatic carbocycles. The number of carbonyl (C=O) groups excluding carboxylic acids is 1. The largest absolute Gasteiger partial charge is 0.364 e. The van der Waals surface area contributed by atoms with Crippen LogP contribution < -0.4 is 5.73 Å². The van der Waals surface area contributed by atoms with Crippen molar-refractivity contribution in [1.82, 2.24) is 4.98 Å². The van der Waals surface area contributed by atoms with E-state index in [9.17, 15) is 4.79 Å². The number of thiazole rings is 1. The van der Waals surface area contributed by atoms with Crippen LogP contribution in [0, 0.1) is 0 Å². The predicted molar refractivity (Wildman–Crippen MR) is 65.4 cm³/mol. The minimum atomic E-state index is -0.457. The maximum absolute atomic E-state index is 11.1. The van der Waals surface area contributed by atoms with Crippen molar-refractivity contribution >= 4 is 17.2 Å². The summed E-state index contributed by atoms with van der Waals surface area (Å²) >= 11 is 1.38. The summed E-state index contributed by atoms with van der Waals surface area (Å²) in [5, 5.41) is 0.385. The third kappa shape index (κ3) is 1.97. The highest BCUT2D eigenvalue weighted by atomic mass is 32.1. The fourth-order valence-corrected chi connectivity index (χ4v) is 2.39. The molecule has 1 amide bonds. The number of carbonyl (C=O) groups is 1. The molecule has 0 saturated carbocycles. The molecule has 4 heteroatoms. The summed E-state index contributed by atoms with van der Waals surface area (Å²) in [6.45, 7) is 2.05. The summed E-state index contributed by atoms with van der Waals surface area (Å²) in [6, 6.07) is 9.84. The lowest BCUT2D eigenvalue weighted by Gasteiger charge is -1.98. The number of hydrogen-bond acceptors (Lipinski definition) is 3. The molecule has 2 rings (SSSR count). The molecule has 82 valence electrons. The summed E-state index contributed by atoms with van der Waals surface area (Å²) in [6.07, 6.45) is 0.856. The van der Waals surface area contributed by atoms with Crippen molar-refractivity contribution in [2.75, 3.05) is 0 Å². The summed E-state index contributed by atoms with van der Waals surface area (Å²) in [5.41, 5.74) is 7.15. The molecule has 0 atom stereocenters. The number of aryl methyl sites for hydroxylation is 1. The van der Waals surface area contributed by atoms with Gasteiger partial charge >= 0.3 is 0 Å². The summed E-state index contributed by atoms with van der Waals surface area (Å²) in [4.78, 5) is 16.5. The monoisotopic (exact) mass is 232 g/mol. The minimum absolute atomic E-state index is 0.385. The molecule has 0 fully saturated rings. The van der Waals surface area contributed by atoms with Crippen LogP contribution in [-0.2, 0) is 6.42 Å². The first-order valence-electron chi connectivity index (χ1n) is 5.07. The van der Waals surface area contributed by atoms with E-state index in [0.29, 0.717) is 5.01 Å². The predicted octanol–water partition coefficient (Wildman–Crippen LogP) is 2.47. The van der Waals surface area contributed by atoms with Crippen molar-refractivity contribution in [1.29, 1.82) is 0 Å². The van der Waals surface area contributed by atoms with Crippen LogP contribution in [0.15, 0.2) is 30.3 Å². The standard InChI is InChI=1S/C12H12N2OS/c1-2-9-10(8-6-4-3-5-7-8)14-12(16-9)11(13)15/h3-7H,2H2,1H3,(H2,13,15). The Morgan fingerprint density at radius 3 is 2.62 bits per heavy atom. The fourth-order valence-electron chi connectivity index (χ4n) is 1.52. The highest BCUT2D eigenvalue weighted by Gasteiger charge is 2.14. The third-order valence-electron chi connectivity index (χ3n) is 2.28. The molecular formula is C12H12N2OS. The van der Waals surface area contributed by atoms with E-state index >= 15 is 0 Å². The van der Waals surface area contributed by atoms with Gasteiger partial charge in [-0.3, -0.25) is 4.79 Å². The van der Waals surface area contributed by atoms with Crippen molar-refractivity contribution < 1.29 is 4.79 Å². The zero-order valence-electron chi connectivity index (χ0n) is 8.93. The molecule has 0 unspecified atom stereocenters. The van der Waals surface area contributed by atoms with Gasteiger partial charge in [0.1, 0.15) is 0 Å². The second kappa shape index (κ2) is 4.45. The van der Waals surface area contributed by atoms with E-state index in [1.807, 2.05) is 37.3 Å². The topological polar surface area (TPSA) is 56.0 Å². The van der Waals surface area contributed by atoms with Gasteiger partial charge < -0.3 is 5.73 Å². The number of hydrogen-bond donors (Lipinski definition) is 1. The van der Waals surface area contributed by atoms with E-state index in [-0.39, 0.29) is 0 Å². The lowest BCUT2D eigenvalue weighted by atomic mass is 10.1. The van der Waals surface area contributed by atoms with Crippen molar-refractivity contribution in [3.8, 4) is 11.3 Å². The zero-order chi connectivity index (χ0) is 11.5. The molecule has 16 heavy (non-hydrogen) atoms. The maximum atomic E-state index is 11.1. The van der Waals surface area contributed by atoms with Gasteiger partial charge in [-0.15, -0.1) is 11.3 Å². The van der Waals surface area contributed by atoms with Crippen LogP contribution in [0.25, 0.3) is 11.3 Å². The summed E-state index contributed by atoms with van der Waals surface area (Å²) < 4.78 is 0. The molecular weight excluding hydrogens is 220 g/mol. The second-order valence-electron chi connectivity index (χ2n) is 3.37. The molecule has 0 aliphatic heterocycles. The SMILES string of the molecule is CCc1sc(C(N)=O)nc1-c1ccccc1. The maximum Gasteiger partial charge on any atom is 0.277 e. The van der Waals surface area contributed by atoms with Crippen LogP contribution in [-0.4, -0.2) is 10.9 Å². The van der Waals surface area contributed by atoms with Crippen LogP contribution in [0.1, 0.15) is 21.6 Å². The number of primary amides is 1. The molecule has 1 heterocycles. The average Bonchev–Trinajstić information content (AvgIpc) is 2.74. The molecule has 0 saturated heterocycles. The van der Waals surface area contributed by atoms with E-state index in [4.69, 9.17) is 5.73 Å². The Labute approximate surface area is 97.9 Å². The number of nitrogens with zero attached hydrogens (tertiary/aromatic N) is 1. The van der Waals surface area contributed by atoms with E-state index in [0.717, 1.165) is 22.6 Å². The van der Waals surface area contributed by atoms with Gasteiger partial charge in [0, 0.05) is 10.4 Å². The van der Waals surface area contributed by atoms with Crippen LogP contribution in [0.2, 0.25) is 0 Å². The average molecular weight is 232 g/mol. The Bertz CT molecular complexity index is 505. The summed E-state index contributed by atoms with van der Waals surface area (Å²) in [5.74, 6) is -0.457. The quantitative estimate of drug-likeness (QED) is 0.883. The molecule has 0 radical (unpaired) electrons.